The van der Waals surface area contributed by atoms with Gasteiger partial charge in [-0.1, -0.05) is 6.07 Å². The van der Waals surface area contributed by atoms with E-state index in [1.54, 1.807) is 11.3 Å². The number of nitrogens with one attached hydrogen (secondary N) is 1. The predicted octanol–water partition coefficient (Wildman–Crippen LogP) is 2.22. The monoisotopic (exact) mass is 247 g/mol. The van der Waals surface area contributed by atoms with Crippen LogP contribution in [0.25, 0.3) is 0 Å². The lowest BCUT2D eigenvalue weighted by Gasteiger charge is -2.02. The Balaban J connectivity index is 1.61. The molecular weight excluding hydrogens is 230 g/mol. The minimum absolute atomic E-state index is 0.972. The minimum Gasteiger partial charge on any atom is -0.316 e. The van der Waals surface area contributed by atoms with Crippen molar-refractivity contribution in [3.8, 4) is 0 Å². The first-order valence-corrected chi connectivity index (χ1v) is 6.74. The molecule has 2 heterocycles. The van der Waals surface area contributed by atoms with Crippen molar-refractivity contribution in [2.75, 3.05) is 13.1 Å². The van der Waals surface area contributed by atoms with Gasteiger partial charge in [0.1, 0.15) is 0 Å². The molecule has 17 heavy (non-hydrogen) atoms. The third-order valence-corrected chi connectivity index (χ3v) is 3.33. The maximum atomic E-state index is 4.43. The highest BCUT2D eigenvalue weighted by molar-refractivity contribution is 7.09. The molecule has 1 N–H and O–H groups in total. The normalized spacial score (nSPS) is 10.6. The molecule has 2 aromatic heterocycles. The molecule has 2 aromatic rings. The Kier molecular flexibility index (Phi) is 4.64. The summed E-state index contributed by atoms with van der Waals surface area (Å²) in [5, 5.41) is 6.70. The van der Waals surface area contributed by atoms with E-state index < -0.39 is 0 Å². The number of aryl methyl sites for hydroxylation is 1. The first kappa shape index (κ1) is 12.2. The number of rotatable bonds is 6. The third kappa shape index (κ3) is 4.24. The molecule has 3 nitrogen and oxygen atoms in total. The van der Waals surface area contributed by atoms with E-state index in [1.807, 2.05) is 25.3 Å². The summed E-state index contributed by atoms with van der Waals surface area (Å²) in [7, 11) is 0. The molecular formula is C13H17N3S. The van der Waals surface area contributed by atoms with E-state index in [0.717, 1.165) is 36.6 Å². The molecule has 0 saturated heterocycles. The Hall–Kier alpha value is -1.26. The maximum Gasteiger partial charge on any atom is 0.0897 e. The first-order valence-electron chi connectivity index (χ1n) is 5.86. The molecule has 0 aliphatic heterocycles. The Labute approximate surface area is 106 Å². The summed E-state index contributed by atoms with van der Waals surface area (Å²) in [5.74, 6) is 0. The molecule has 90 valence electrons. The highest BCUT2D eigenvalue weighted by Gasteiger charge is 1.98. The van der Waals surface area contributed by atoms with Crippen molar-refractivity contribution in [1.82, 2.24) is 15.3 Å². The largest absolute Gasteiger partial charge is 0.316 e. The van der Waals surface area contributed by atoms with Gasteiger partial charge in [0.2, 0.25) is 0 Å². The molecule has 0 radical (unpaired) electrons. The number of pyridine rings is 1. The van der Waals surface area contributed by atoms with Crippen molar-refractivity contribution < 1.29 is 0 Å². The topological polar surface area (TPSA) is 37.8 Å². The highest BCUT2D eigenvalue weighted by Crippen LogP contribution is 2.07. The average molecular weight is 247 g/mol. The number of aromatic nitrogens is 2. The van der Waals surface area contributed by atoms with Gasteiger partial charge >= 0.3 is 0 Å². The number of hydrogen-bond acceptors (Lipinski definition) is 4. The molecule has 4 heteroatoms. The van der Waals surface area contributed by atoms with Gasteiger partial charge in [-0.2, -0.15) is 0 Å². The van der Waals surface area contributed by atoms with Crippen LogP contribution in [-0.2, 0) is 12.8 Å². The summed E-state index contributed by atoms with van der Waals surface area (Å²) in [6.45, 7) is 4.00. The van der Waals surface area contributed by atoms with Crippen LogP contribution < -0.4 is 5.32 Å². The standard InChI is InChI=1S/C13H17N3S/c1-11-16-13(10-17-11)6-9-14-8-5-12-4-2-3-7-15-12/h2-4,7,10,14H,5-6,8-9H2,1H3. The summed E-state index contributed by atoms with van der Waals surface area (Å²) in [4.78, 5) is 8.72. The van der Waals surface area contributed by atoms with Crippen LogP contribution >= 0.6 is 11.3 Å². The molecule has 2 rings (SSSR count). The molecule has 0 fully saturated rings. The Morgan fingerprint density at radius 1 is 1.18 bits per heavy atom. The zero-order chi connectivity index (χ0) is 11.9. The van der Waals surface area contributed by atoms with Crippen LogP contribution in [0.15, 0.2) is 29.8 Å². The van der Waals surface area contributed by atoms with Crippen molar-refractivity contribution >= 4 is 11.3 Å². The summed E-state index contributed by atoms with van der Waals surface area (Å²) in [5.41, 5.74) is 2.34. The molecule has 0 atom stereocenters. The molecule has 0 aliphatic carbocycles. The van der Waals surface area contributed by atoms with E-state index in [4.69, 9.17) is 0 Å². The molecule has 0 aliphatic rings. The average Bonchev–Trinajstić information content (AvgIpc) is 2.76. The molecule has 0 saturated carbocycles. The van der Waals surface area contributed by atoms with Gasteiger partial charge in [0.05, 0.1) is 10.7 Å². The van der Waals surface area contributed by atoms with Gasteiger partial charge in [-0.15, -0.1) is 11.3 Å². The van der Waals surface area contributed by atoms with E-state index in [0.29, 0.717) is 0 Å². The van der Waals surface area contributed by atoms with Crippen LogP contribution in [0.4, 0.5) is 0 Å². The SMILES string of the molecule is Cc1nc(CCNCCc2ccccn2)cs1. The second-order valence-corrected chi connectivity index (χ2v) is 4.99. The lowest BCUT2D eigenvalue weighted by molar-refractivity contribution is 0.670. The second-order valence-electron chi connectivity index (χ2n) is 3.93. The van der Waals surface area contributed by atoms with E-state index in [1.165, 1.54) is 5.69 Å². The minimum atomic E-state index is 0.972. The Morgan fingerprint density at radius 2 is 2.00 bits per heavy atom. The quantitative estimate of drug-likeness (QED) is 0.795. The van der Waals surface area contributed by atoms with Gasteiger partial charge in [0.15, 0.2) is 0 Å². The fourth-order valence-electron chi connectivity index (χ4n) is 1.63. The highest BCUT2D eigenvalue weighted by atomic mass is 32.1. The van der Waals surface area contributed by atoms with Crippen molar-refractivity contribution in [3.63, 3.8) is 0 Å². The number of hydrogen-bond donors (Lipinski definition) is 1. The van der Waals surface area contributed by atoms with Gasteiger partial charge < -0.3 is 5.32 Å². The van der Waals surface area contributed by atoms with Crippen LogP contribution in [0, 0.1) is 6.92 Å². The zero-order valence-corrected chi connectivity index (χ0v) is 10.8. The maximum absolute atomic E-state index is 4.43. The van der Waals surface area contributed by atoms with Crippen LogP contribution in [0.1, 0.15) is 16.4 Å². The molecule has 0 unspecified atom stereocenters. The van der Waals surface area contributed by atoms with E-state index in [9.17, 15) is 0 Å². The summed E-state index contributed by atoms with van der Waals surface area (Å²) < 4.78 is 0. The molecule has 0 spiro atoms. The predicted molar refractivity (Wildman–Crippen MR) is 71.4 cm³/mol. The van der Waals surface area contributed by atoms with E-state index in [2.05, 4.69) is 26.7 Å². The van der Waals surface area contributed by atoms with E-state index >= 15 is 0 Å². The van der Waals surface area contributed by atoms with Crippen molar-refractivity contribution in [2.24, 2.45) is 0 Å². The van der Waals surface area contributed by atoms with Gasteiger partial charge in [-0.05, 0) is 19.1 Å². The van der Waals surface area contributed by atoms with Crippen molar-refractivity contribution in [3.05, 3.63) is 46.2 Å². The van der Waals surface area contributed by atoms with Gasteiger partial charge in [-0.3, -0.25) is 4.98 Å². The second kappa shape index (κ2) is 6.47. The fourth-order valence-corrected chi connectivity index (χ4v) is 2.27. The van der Waals surface area contributed by atoms with Crippen LogP contribution in [0.5, 0.6) is 0 Å². The molecule has 0 aromatic carbocycles. The molecule has 0 bridgehead atoms. The van der Waals surface area contributed by atoms with Crippen LogP contribution in [0.3, 0.4) is 0 Å². The third-order valence-electron chi connectivity index (χ3n) is 2.51. The Morgan fingerprint density at radius 3 is 2.65 bits per heavy atom. The molecule has 0 amide bonds. The lowest BCUT2D eigenvalue weighted by atomic mass is 10.2. The zero-order valence-electron chi connectivity index (χ0n) is 10.0. The summed E-state index contributed by atoms with van der Waals surface area (Å²) in [6.07, 6.45) is 3.83. The van der Waals surface area contributed by atoms with Gasteiger partial charge in [0, 0.05) is 43.2 Å². The lowest BCUT2D eigenvalue weighted by Crippen LogP contribution is -2.20. The smallest absolute Gasteiger partial charge is 0.0897 e. The van der Waals surface area contributed by atoms with Gasteiger partial charge in [0.25, 0.3) is 0 Å². The van der Waals surface area contributed by atoms with Crippen molar-refractivity contribution in [2.45, 2.75) is 19.8 Å². The fraction of sp³-hybridized carbons (Fsp3) is 0.385. The number of nitrogens with zero attached hydrogens (tertiary/aromatic N) is 2. The first-order chi connectivity index (χ1) is 8.34. The van der Waals surface area contributed by atoms with E-state index in [-0.39, 0.29) is 0 Å². The number of thiazole rings is 1. The van der Waals surface area contributed by atoms with Crippen LogP contribution in [0.2, 0.25) is 0 Å². The van der Waals surface area contributed by atoms with Crippen LogP contribution in [-0.4, -0.2) is 23.1 Å². The van der Waals surface area contributed by atoms with Crippen molar-refractivity contribution in [1.29, 1.82) is 0 Å². The summed E-state index contributed by atoms with van der Waals surface area (Å²) in [6, 6.07) is 6.04. The summed E-state index contributed by atoms with van der Waals surface area (Å²) >= 11 is 1.72. The Bertz CT molecular complexity index is 439. The van der Waals surface area contributed by atoms with Gasteiger partial charge in [-0.25, -0.2) is 4.98 Å².